The van der Waals surface area contributed by atoms with Crippen molar-refractivity contribution < 1.29 is 9.66 Å². The van der Waals surface area contributed by atoms with Crippen molar-refractivity contribution in [3.8, 4) is 0 Å². The van der Waals surface area contributed by atoms with Crippen molar-refractivity contribution in [1.29, 1.82) is 0 Å². The van der Waals surface area contributed by atoms with Gasteiger partial charge >= 0.3 is 0 Å². The highest BCUT2D eigenvalue weighted by Gasteiger charge is 2.18. The molecule has 0 radical (unpaired) electrons. The number of hydrogen-bond donors (Lipinski definition) is 1. The number of benzene rings is 1. The molecule has 0 aliphatic carbocycles. The topological polar surface area (TPSA) is 90.2 Å². The Morgan fingerprint density at radius 3 is 2.81 bits per heavy atom. The summed E-state index contributed by atoms with van der Waals surface area (Å²) in [5, 5.41) is 14.7. The summed E-state index contributed by atoms with van der Waals surface area (Å²) in [6.07, 6.45) is 1.43. The highest BCUT2D eigenvalue weighted by molar-refractivity contribution is 5.90. The van der Waals surface area contributed by atoms with E-state index in [0.29, 0.717) is 29.9 Å². The van der Waals surface area contributed by atoms with E-state index in [1.165, 1.54) is 18.5 Å². The molecule has 0 bridgehead atoms. The molecule has 2 aromatic rings. The largest absolute Gasteiger partial charge is 0.374 e. The summed E-state index contributed by atoms with van der Waals surface area (Å²) >= 11 is 0. The third kappa shape index (κ3) is 3.63. The Kier molecular flexibility index (Phi) is 4.32. The molecule has 0 spiro atoms. The van der Waals surface area contributed by atoms with Gasteiger partial charge in [0, 0.05) is 30.7 Å². The molecule has 1 heterocycles. The van der Waals surface area contributed by atoms with E-state index < -0.39 is 4.92 Å². The lowest BCUT2D eigenvalue weighted by Gasteiger charge is -2.25. The molecule has 7 heteroatoms. The molecule has 0 aliphatic rings. The molecule has 0 unspecified atom stereocenters. The molecule has 0 saturated carbocycles. The molecule has 1 aromatic carbocycles. The molecule has 0 saturated heterocycles. The van der Waals surface area contributed by atoms with Gasteiger partial charge in [-0.15, -0.1) is 0 Å². The van der Waals surface area contributed by atoms with Crippen LogP contribution in [0.15, 0.2) is 24.5 Å². The van der Waals surface area contributed by atoms with Gasteiger partial charge in [-0.25, -0.2) is 9.97 Å². The lowest BCUT2D eigenvalue weighted by molar-refractivity contribution is -0.384. The van der Waals surface area contributed by atoms with E-state index in [1.54, 1.807) is 6.07 Å². The van der Waals surface area contributed by atoms with E-state index in [4.69, 9.17) is 4.74 Å². The fraction of sp³-hybridized carbons (Fsp3) is 0.429. The van der Waals surface area contributed by atoms with Crippen LogP contribution in [0.5, 0.6) is 0 Å². The molecule has 0 fully saturated rings. The van der Waals surface area contributed by atoms with Crippen LogP contribution >= 0.6 is 0 Å². The van der Waals surface area contributed by atoms with Crippen LogP contribution in [0.1, 0.15) is 20.8 Å². The van der Waals surface area contributed by atoms with Gasteiger partial charge in [0.15, 0.2) is 0 Å². The van der Waals surface area contributed by atoms with Gasteiger partial charge in [0.25, 0.3) is 5.69 Å². The smallest absolute Gasteiger partial charge is 0.270 e. The van der Waals surface area contributed by atoms with Crippen molar-refractivity contribution >= 4 is 22.4 Å². The number of non-ortho nitro benzene ring substituents is 1. The number of rotatable bonds is 6. The summed E-state index contributed by atoms with van der Waals surface area (Å²) in [5.41, 5.74) is 0.323. The summed E-state index contributed by atoms with van der Waals surface area (Å²) < 4.78 is 5.61. The molecule has 112 valence electrons. The molecule has 0 atom stereocenters. The summed E-state index contributed by atoms with van der Waals surface area (Å²) in [6.45, 7) is 7.02. The van der Waals surface area contributed by atoms with Crippen LogP contribution in [-0.2, 0) is 4.74 Å². The zero-order valence-corrected chi connectivity index (χ0v) is 12.3. The lowest BCUT2D eigenvalue weighted by Crippen LogP contribution is -2.33. The summed E-state index contributed by atoms with van der Waals surface area (Å²) in [6, 6.07) is 4.53. The predicted molar refractivity (Wildman–Crippen MR) is 80.4 cm³/mol. The zero-order valence-electron chi connectivity index (χ0n) is 12.3. The number of fused-ring (bicyclic) bond motifs is 1. The minimum atomic E-state index is -0.430. The molecular weight excluding hydrogens is 272 g/mol. The van der Waals surface area contributed by atoms with Gasteiger partial charge in [-0.2, -0.15) is 0 Å². The Morgan fingerprint density at radius 2 is 2.14 bits per heavy atom. The Morgan fingerprint density at radius 1 is 1.38 bits per heavy atom. The second-order valence-corrected chi connectivity index (χ2v) is 5.23. The Labute approximate surface area is 122 Å². The third-order valence-corrected chi connectivity index (χ3v) is 3.05. The Bertz CT molecular complexity index is 658. The standard InChI is InChI=1S/C14H18N4O3/c1-4-21-14(2,3)8-15-13-11-7-10(18(19)20)5-6-12(11)16-9-17-13/h5-7,9H,4,8H2,1-3H3,(H,15,16,17). The van der Waals surface area contributed by atoms with Gasteiger partial charge in [-0.1, -0.05) is 0 Å². The number of hydrogen-bond acceptors (Lipinski definition) is 6. The van der Waals surface area contributed by atoms with E-state index in [2.05, 4.69) is 15.3 Å². The van der Waals surface area contributed by atoms with Crippen molar-refractivity contribution in [2.75, 3.05) is 18.5 Å². The minimum absolute atomic E-state index is 0.0180. The van der Waals surface area contributed by atoms with E-state index in [1.807, 2.05) is 20.8 Å². The first-order chi connectivity index (χ1) is 9.93. The van der Waals surface area contributed by atoms with E-state index in [9.17, 15) is 10.1 Å². The molecule has 1 aromatic heterocycles. The fourth-order valence-corrected chi connectivity index (χ4v) is 2.04. The second kappa shape index (κ2) is 6.01. The molecule has 0 amide bonds. The van der Waals surface area contributed by atoms with Crippen molar-refractivity contribution in [3.05, 3.63) is 34.6 Å². The van der Waals surface area contributed by atoms with Gasteiger partial charge in [-0.3, -0.25) is 10.1 Å². The maximum atomic E-state index is 10.9. The van der Waals surface area contributed by atoms with Crippen LogP contribution in [0.4, 0.5) is 11.5 Å². The number of nitrogens with one attached hydrogen (secondary N) is 1. The van der Waals surface area contributed by atoms with Crippen LogP contribution in [-0.4, -0.2) is 33.6 Å². The highest BCUT2D eigenvalue weighted by atomic mass is 16.6. The van der Waals surface area contributed by atoms with E-state index in [-0.39, 0.29) is 11.3 Å². The van der Waals surface area contributed by atoms with Crippen LogP contribution in [0, 0.1) is 10.1 Å². The molecule has 1 N–H and O–H groups in total. The number of ether oxygens (including phenoxy) is 1. The molecule has 2 rings (SSSR count). The summed E-state index contributed by atoms with van der Waals surface area (Å²) in [4.78, 5) is 18.7. The molecule has 0 aliphatic heterocycles. The Hall–Kier alpha value is -2.28. The van der Waals surface area contributed by atoms with Crippen LogP contribution in [0.3, 0.4) is 0 Å². The Balaban J connectivity index is 2.31. The fourth-order valence-electron chi connectivity index (χ4n) is 2.04. The van der Waals surface area contributed by atoms with Gasteiger partial charge in [0.1, 0.15) is 12.1 Å². The number of anilines is 1. The number of nitrogens with zero attached hydrogens (tertiary/aromatic N) is 3. The highest BCUT2D eigenvalue weighted by Crippen LogP contribution is 2.24. The maximum Gasteiger partial charge on any atom is 0.270 e. The van der Waals surface area contributed by atoms with Crippen molar-refractivity contribution in [2.24, 2.45) is 0 Å². The SMILES string of the molecule is CCOC(C)(C)CNc1ncnc2ccc([N+](=O)[O-])cc12. The minimum Gasteiger partial charge on any atom is -0.374 e. The van der Waals surface area contributed by atoms with Gasteiger partial charge in [0.2, 0.25) is 0 Å². The molecular formula is C14H18N4O3. The first kappa shape index (κ1) is 15.1. The van der Waals surface area contributed by atoms with Gasteiger partial charge in [0.05, 0.1) is 16.0 Å². The quantitative estimate of drug-likeness (QED) is 0.650. The molecule has 7 nitrogen and oxygen atoms in total. The van der Waals surface area contributed by atoms with E-state index >= 15 is 0 Å². The predicted octanol–water partition coefficient (Wildman–Crippen LogP) is 2.77. The van der Waals surface area contributed by atoms with Gasteiger partial charge in [-0.05, 0) is 26.8 Å². The van der Waals surface area contributed by atoms with Crippen molar-refractivity contribution in [2.45, 2.75) is 26.4 Å². The first-order valence-electron chi connectivity index (χ1n) is 6.70. The van der Waals surface area contributed by atoms with E-state index in [0.717, 1.165) is 0 Å². The number of aromatic nitrogens is 2. The van der Waals surface area contributed by atoms with Crippen LogP contribution in [0.2, 0.25) is 0 Å². The monoisotopic (exact) mass is 290 g/mol. The van der Waals surface area contributed by atoms with Gasteiger partial charge < -0.3 is 10.1 Å². The summed E-state index contributed by atoms with van der Waals surface area (Å²) in [7, 11) is 0. The summed E-state index contributed by atoms with van der Waals surface area (Å²) in [5.74, 6) is 0.566. The third-order valence-electron chi connectivity index (χ3n) is 3.05. The number of nitro groups is 1. The van der Waals surface area contributed by atoms with Crippen molar-refractivity contribution in [1.82, 2.24) is 9.97 Å². The molecule has 21 heavy (non-hydrogen) atoms. The zero-order chi connectivity index (χ0) is 15.5. The number of nitro benzene ring substituents is 1. The van der Waals surface area contributed by atoms with Crippen molar-refractivity contribution in [3.63, 3.8) is 0 Å². The normalized spacial score (nSPS) is 11.6. The average molecular weight is 290 g/mol. The van der Waals surface area contributed by atoms with Crippen LogP contribution < -0.4 is 5.32 Å². The first-order valence-corrected chi connectivity index (χ1v) is 6.70. The lowest BCUT2D eigenvalue weighted by atomic mass is 10.1. The maximum absolute atomic E-state index is 10.9. The van der Waals surface area contributed by atoms with Crippen LogP contribution in [0.25, 0.3) is 10.9 Å². The average Bonchev–Trinajstić information content (AvgIpc) is 2.44. The second-order valence-electron chi connectivity index (χ2n) is 5.23.